The molecule has 1 aliphatic carbocycles. The van der Waals surface area contributed by atoms with Crippen LogP contribution in [0.3, 0.4) is 0 Å². The summed E-state index contributed by atoms with van der Waals surface area (Å²) < 4.78 is 16.8. The van der Waals surface area contributed by atoms with Crippen LogP contribution in [-0.2, 0) is 23.8 Å². The van der Waals surface area contributed by atoms with Gasteiger partial charge in [-0.15, -0.1) is 0 Å². The maximum absolute atomic E-state index is 12.1. The monoisotopic (exact) mass is 348 g/mol. The Morgan fingerprint density at radius 2 is 2.16 bits per heavy atom. The van der Waals surface area contributed by atoms with Gasteiger partial charge in [-0.1, -0.05) is 13.2 Å². The fourth-order valence-electron chi connectivity index (χ4n) is 3.59. The highest BCUT2D eigenvalue weighted by Gasteiger charge is 2.57. The Bertz CT molecular complexity index is 677. The number of rotatable bonds is 2. The van der Waals surface area contributed by atoms with E-state index in [9.17, 15) is 14.7 Å². The van der Waals surface area contributed by atoms with Gasteiger partial charge < -0.3 is 19.3 Å². The molecule has 0 aromatic rings. The van der Waals surface area contributed by atoms with E-state index in [1.807, 2.05) is 6.92 Å². The molecule has 0 spiro atoms. The minimum atomic E-state index is -0.672. The third-order valence-corrected chi connectivity index (χ3v) is 5.30. The zero-order valence-corrected chi connectivity index (χ0v) is 14.8. The number of esters is 2. The average molecular weight is 348 g/mol. The topological polar surface area (TPSA) is 85.4 Å². The molecule has 0 bridgehead atoms. The second kappa shape index (κ2) is 6.11. The molecule has 2 saturated heterocycles. The van der Waals surface area contributed by atoms with Crippen LogP contribution in [0.2, 0.25) is 0 Å². The van der Waals surface area contributed by atoms with E-state index in [1.165, 1.54) is 0 Å². The maximum atomic E-state index is 12.1. The quantitative estimate of drug-likeness (QED) is 0.355. The van der Waals surface area contributed by atoms with Crippen molar-refractivity contribution in [3.8, 4) is 0 Å². The molecule has 3 aliphatic rings. The summed E-state index contributed by atoms with van der Waals surface area (Å²) in [7, 11) is 0. The van der Waals surface area contributed by atoms with Gasteiger partial charge in [0, 0.05) is 24.0 Å². The Kier molecular flexibility index (Phi) is 4.37. The van der Waals surface area contributed by atoms with Crippen molar-refractivity contribution in [2.75, 3.05) is 0 Å². The molecule has 25 heavy (non-hydrogen) atoms. The van der Waals surface area contributed by atoms with E-state index >= 15 is 0 Å². The van der Waals surface area contributed by atoms with Gasteiger partial charge in [-0.25, -0.2) is 9.59 Å². The molecule has 6 heteroatoms. The van der Waals surface area contributed by atoms with Crippen LogP contribution in [-0.4, -0.2) is 47.1 Å². The number of hydrogen-bond acceptors (Lipinski definition) is 6. The molecule has 0 radical (unpaired) electrons. The molecule has 0 aromatic heterocycles. The van der Waals surface area contributed by atoms with Crippen LogP contribution in [0, 0.1) is 5.92 Å². The van der Waals surface area contributed by atoms with Gasteiger partial charge in [-0.2, -0.15) is 0 Å². The van der Waals surface area contributed by atoms with E-state index in [4.69, 9.17) is 14.2 Å². The van der Waals surface area contributed by atoms with Crippen molar-refractivity contribution in [1.82, 2.24) is 0 Å². The molecule has 2 fully saturated rings. The summed E-state index contributed by atoms with van der Waals surface area (Å²) in [4.78, 5) is 24.2. The van der Waals surface area contributed by atoms with E-state index in [0.717, 1.165) is 0 Å². The summed E-state index contributed by atoms with van der Waals surface area (Å²) in [5.74, 6) is -1.55. The standard InChI is InChI=1S/C19H24O6/c1-9(2)17(21)24-14-8-19(5)15(25-19)7-12(20)10(3)6-13-16(14)11(4)18(22)23-13/h6,12-16,20H,1,4,7-8H2,2-3,5H3/b10-6-/t12-,13-,14+,15+,16-,19+/m0/s1. The summed E-state index contributed by atoms with van der Waals surface area (Å²) in [6.45, 7) is 12.7. The highest BCUT2D eigenvalue weighted by Crippen LogP contribution is 2.47. The summed E-state index contributed by atoms with van der Waals surface area (Å²) in [5.41, 5.74) is 0.728. The van der Waals surface area contributed by atoms with Crippen LogP contribution in [0.15, 0.2) is 36.0 Å². The molecule has 6 atom stereocenters. The molecule has 2 aliphatic heterocycles. The van der Waals surface area contributed by atoms with Crippen molar-refractivity contribution < 1.29 is 28.9 Å². The third-order valence-electron chi connectivity index (χ3n) is 5.30. The molecule has 0 saturated carbocycles. The Labute approximate surface area is 147 Å². The van der Waals surface area contributed by atoms with Crippen molar-refractivity contribution in [1.29, 1.82) is 0 Å². The normalized spacial score (nSPS) is 42.4. The molecule has 0 amide bonds. The summed E-state index contributed by atoms with van der Waals surface area (Å²) in [6.07, 6.45) is 0.519. The summed E-state index contributed by atoms with van der Waals surface area (Å²) >= 11 is 0. The first kappa shape index (κ1) is 17.9. The minimum Gasteiger partial charge on any atom is -0.458 e. The highest BCUT2D eigenvalue weighted by atomic mass is 16.6. The third kappa shape index (κ3) is 3.28. The second-order valence-corrected chi connectivity index (χ2v) is 7.43. The number of carbonyl (C=O) groups excluding carboxylic acids is 2. The fourth-order valence-corrected chi connectivity index (χ4v) is 3.59. The largest absolute Gasteiger partial charge is 0.458 e. The smallest absolute Gasteiger partial charge is 0.334 e. The maximum Gasteiger partial charge on any atom is 0.334 e. The number of fused-ring (bicyclic) bond motifs is 2. The Morgan fingerprint density at radius 3 is 2.80 bits per heavy atom. The fraction of sp³-hybridized carbons (Fsp3) is 0.579. The lowest BCUT2D eigenvalue weighted by Crippen LogP contribution is -2.37. The van der Waals surface area contributed by atoms with Gasteiger partial charge in [0.25, 0.3) is 0 Å². The lowest BCUT2D eigenvalue weighted by atomic mass is 9.82. The predicted octanol–water partition coefficient (Wildman–Crippen LogP) is 1.83. The summed E-state index contributed by atoms with van der Waals surface area (Å²) in [6, 6.07) is 0. The zero-order valence-electron chi connectivity index (χ0n) is 14.8. The second-order valence-electron chi connectivity index (χ2n) is 7.43. The highest BCUT2D eigenvalue weighted by molar-refractivity contribution is 5.91. The van der Waals surface area contributed by atoms with Crippen LogP contribution in [0.25, 0.3) is 0 Å². The van der Waals surface area contributed by atoms with Crippen LogP contribution >= 0.6 is 0 Å². The predicted molar refractivity (Wildman–Crippen MR) is 89.5 cm³/mol. The average Bonchev–Trinajstić information content (AvgIpc) is 3.04. The first-order valence-electron chi connectivity index (χ1n) is 8.43. The molecule has 3 rings (SSSR count). The van der Waals surface area contributed by atoms with Gasteiger partial charge in [0.15, 0.2) is 0 Å². The Balaban J connectivity index is 1.98. The summed E-state index contributed by atoms with van der Waals surface area (Å²) in [5, 5.41) is 10.3. The zero-order chi connectivity index (χ0) is 18.5. The first-order valence-corrected chi connectivity index (χ1v) is 8.43. The van der Waals surface area contributed by atoms with Crippen molar-refractivity contribution in [2.24, 2.45) is 5.92 Å². The first-order chi connectivity index (χ1) is 11.6. The van der Waals surface area contributed by atoms with Crippen molar-refractivity contribution >= 4 is 11.9 Å². The minimum absolute atomic E-state index is 0.125. The van der Waals surface area contributed by atoms with Crippen LogP contribution in [0.5, 0.6) is 0 Å². The van der Waals surface area contributed by atoms with E-state index in [1.54, 1.807) is 19.9 Å². The Morgan fingerprint density at radius 1 is 1.48 bits per heavy atom. The number of carbonyl (C=O) groups is 2. The molecule has 6 nitrogen and oxygen atoms in total. The van der Waals surface area contributed by atoms with Crippen LogP contribution in [0.4, 0.5) is 0 Å². The SMILES string of the molecule is C=C(C)C(=O)O[C@@H]1C[C@@]2(C)O[C@@H]2C[C@H](O)/C(C)=C\[C@@H]2OC(=O)C(=C)[C@@H]21. The number of aliphatic hydroxyl groups is 1. The lowest BCUT2D eigenvalue weighted by Gasteiger charge is -2.29. The molecule has 2 heterocycles. The van der Waals surface area contributed by atoms with Gasteiger partial charge in [-0.05, 0) is 32.4 Å². The molecule has 1 N–H and O–H groups in total. The lowest BCUT2D eigenvalue weighted by molar-refractivity contribution is -0.148. The molecular weight excluding hydrogens is 324 g/mol. The van der Waals surface area contributed by atoms with Gasteiger partial charge in [0.2, 0.25) is 0 Å². The van der Waals surface area contributed by atoms with Crippen molar-refractivity contribution in [3.05, 3.63) is 36.0 Å². The van der Waals surface area contributed by atoms with E-state index in [2.05, 4.69) is 13.2 Å². The number of epoxide rings is 1. The van der Waals surface area contributed by atoms with E-state index in [-0.39, 0.29) is 17.3 Å². The van der Waals surface area contributed by atoms with Crippen LogP contribution < -0.4 is 0 Å². The van der Waals surface area contributed by atoms with Gasteiger partial charge in [0.05, 0.1) is 23.7 Å². The molecule has 0 aromatic carbocycles. The molecule has 136 valence electrons. The van der Waals surface area contributed by atoms with E-state index < -0.39 is 41.8 Å². The molecular formula is C19H24O6. The van der Waals surface area contributed by atoms with Gasteiger partial charge in [-0.3, -0.25) is 0 Å². The van der Waals surface area contributed by atoms with Gasteiger partial charge in [0.1, 0.15) is 12.2 Å². The number of aliphatic hydroxyl groups excluding tert-OH is 1. The van der Waals surface area contributed by atoms with Crippen molar-refractivity contribution in [3.63, 3.8) is 0 Å². The number of ether oxygens (including phenoxy) is 3. The van der Waals surface area contributed by atoms with E-state index in [0.29, 0.717) is 18.4 Å². The van der Waals surface area contributed by atoms with Crippen LogP contribution in [0.1, 0.15) is 33.6 Å². The van der Waals surface area contributed by atoms with Gasteiger partial charge >= 0.3 is 11.9 Å². The number of hydrogen-bond donors (Lipinski definition) is 1. The Hall–Kier alpha value is -1.92. The molecule has 0 unspecified atom stereocenters. The van der Waals surface area contributed by atoms with Crippen molar-refractivity contribution in [2.45, 2.75) is 63.6 Å².